The molecule has 2 aromatic heterocycles. The van der Waals surface area contributed by atoms with Crippen LogP contribution < -0.4 is 10.2 Å². The predicted molar refractivity (Wildman–Crippen MR) is 111 cm³/mol. The maximum absolute atomic E-state index is 12.6. The predicted octanol–water partition coefficient (Wildman–Crippen LogP) is 3.31. The molecule has 4 rings (SSSR count). The summed E-state index contributed by atoms with van der Waals surface area (Å²) in [7, 11) is 0. The fraction of sp³-hybridized carbons (Fsp3) is 0.286. The Labute approximate surface area is 173 Å². The zero-order valence-electron chi connectivity index (χ0n) is 16.1. The van der Waals surface area contributed by atoms with Crippen LogP contribution in [0.4, 0.5) is 5.69 Å². The number of hydrogen-bond donors (Lipinski definition) is 1. The summed E-state index contributed by atoms with van der Waals surface area (Å²) in [6, 6.07) is 13.5. The fourth-order valence-corrected chi connectivity index (χ4v) is 4.42. The third kappa shape index (κ3) is 4.22. The van der Waals surface area contributed by atoms with Crippen molar-refractivity contribution in [2.75, 3.05) is 17.2 Å². The van der Waals surface area contributed by atoms with Crippen molar-refractivity contribution < 1.29 is 14.0 Å². The number of nitrogens with one attached hydrogen (secondary N) is 1. The number of rotatable bonds is 7. The number of benzene rings is 1. The van der Waals surface area contributed by atoms with Crippen LogP contribution in [-0.4, -0.2) is 33.9 Å². The number of anilines is 1. The average molecular weight is 410 g/mol. The van der Waals surface area contributed by atoms with Crippen molar-refractivity contribution in [3.8, 4) is 5.69 Å². The first-order chi connectivity index (χ1) is 14.1. The largest absolute Gasteiger partial charge is 0.467 e. The summed E-state index contributed by atoms with van der Waals surface area (Å²) < 4.78 is 7.10. The van der Waals surface area contributed by atoms with Gasteiger partial charge in [-0.05, 0) is 37.6 Å². The van der Waals surface area contributed by atoms with Crippen LogP contribution in [0.15, 0.2) is 58.2 Å². The maximum atomic E-state index is 12.6. The van der Waals surface area contributed by atoms with E-state index in [9.17, 15) is 9.59 Å². The maximum Gasteiger partial charge on any atom is 0.237 e. The molecule has 0 unspecified atom stereocenters. The Bertz CT molecular complexity index is 999. The van der Waals surface area contributed by atoms with Crippen molar-refractivity contribution in [2.24, 2.45) is 0 Å². The quantitative estimate of drug-likeness (QED) is 0.646. The SMILES string of the molecule is Cc1nn(-c2ccccc2)c2c1N(CCCC(=O)NCc1ccco1)C(=O)CS2. The van der Waals surface area contributed by atoms with E-state index >= 15 is 0 Å². The smallest absolute Gasteiger partial charge is 0.237 e. The van der Waals surface area contributed by atoms with Crippen molar-refractivity contribution in [1.82, 2.24) is 15.1 Å². The molecule has 150 valence electrons. The van der Waals surface area contributed by atoms with Gasteiger partial charge in [0.2, 0.25) is 11.8 Å². The van der Waals surface area contributed by atoms with Crippen molar-refractivity contribution in [2.45, 2.75) is 31.3 Å². The van der Waals surface area contributed by atoms with Gasteiger partial charge in [0.25, 0.3) is 0 Å². The van der Waals surface area contributed by atoms with Gasteiger partial charge < -0.3 is 14.6 Å². The zero-order valence-corrected chi connectivity index (χ0v) is 16.9. The van der Waals surface area contributed by atoms with Gasteiger partial charge in [-0.1, -0.05) is 30.0 Å². The van der Waals surface area contributed by atoms with Crippen LogP contribution in [0.1, 0.15) is 24.3 Å². The Morgan fingerprint density at radius 1 is 1.24 bits per heavy atom. The molecule has 0 saturated carbocycles. The van der Waals surface area contributed by atoms with E-state index in [1.807, 2.05) is 48.0 Å². The van der Waals surface area contributed by atoms with Crippen molar-refractivity contribution >= 4 is 29.3 Å². The van der Waals surface area contributed by atoms with Crippen molar-refractivity contribution in [3.05, 3.63) is 60.2 Å². The first-order valence-electron chi connectivity index (χ1n) is 9.51. The Hall–Kier alpha value is -3.00. The highest BCUT2D eigenvalue weighted by atomic mass is 32.2. The Balaban J connectivity index is 1.42. The van der Waals surface area contributed by atoms with E-state index in [-0.39, 0.29) is 11.8 Å². The average Bonchev–Trinajstić information content (AvgIpc) is 3.37. The van der Waals surface area contributed by atoms with Crippen LogP contribution in [0.25, 0.3) is 5.69 Å². The highest BCUT2D eigenvalue weighted by Gasteiger charge is 2.31. The first kappa shape index (κ1) is 19.3. The third-order valence-corrected chi connectivity index (χ3v) is 5.75. The topological polar surface area (TPSA) is 80.4 Å². The van der Waals surface area contributed by atoms with E-state index in [1.165, 1.54) is 11.8 Å². The van der Waals surface area contributed by atoms with E-state index in [1.54, 1.807) is 17.2 Å². The van der Waals surface area contributed by atoms with E-state index in [0.29, 0.717) is 31.7 Å². The molecular formula is C21H22N4O3S. The van der Waals surface area contributed by atoms with Crippen LogP contribution in [0.2, 0.25) is 0 Å². The molecular weight excluding hydrogens is 388 g/mol. The summed E-state index contributed by atoms with van der Waals surface area (Å²) in [5.41, 5.74) is 2.63. The van der Waals surface area contributed by atoms with Gasteiger partial charge in [-0.3, -0.25) is 9.59 Å². The second-order valence-corrected chi connectivity index (χ2v) is 7.74. The second kappa shape index (κ2) is 8.57. The summed E-state index contributed by atoms with van der Waals surface area (Å²) in [6.45, 7) is 2.78. The number of nitrogens with zero attached hydrogens (tertiary/aromatic N) is 3. The Morgan fingerprint density at radius 2 is 2.07 bits per heavy atom. The Morgan fingerprint density at radius 3 is 2.83 bits per heavy atom. The number of carbonyl (C=O) groups excluding carboxylic acids is 2. The van der Waals surface area contributed by atoms with E-state index < -0.39 is 0 Å². The van der Waals surface area contributed by atoms with Gasteiger partial charge >= 0.3 is 0 Å². The number of furan rings is 1. The molecule has 3 aromatic rings. The summed E-state index contributed by atoms with van der Waals surface area (Å²) in [4.78, 5) is 26.4. The minimum atomic E-state index is -0.0582. The van der Waals surface area contributed by atoms with Gasteiger partial charge in [0.15, 0.2) is 0 Å². The van der Waals surface area contributed by atoms with Crippen LogP contribution in [0.5, 0.6) is 0 Å². The van der Waals surface area contributed by atoms with Crippen LogP contribution in [0.3, 0.4) is 0 Å². The number of aryl methyl sites for hydroxylation is 1. The molecule has 7 nitrogen and oxygen atoms in total. The molecule has 1 aliphatic heterocycles. The summed E-state index contributed by atoms with van der Waals surface area (Å²) in [6.07, 6.45) is 2.51. The molecule has 1 aliphatic rings. The minimum absolute atomic E-state index is 0.0502. The fourth-order valence-electron chi connectivity index (χ4n) is 3.34. The number of para-hydroxylation sites is 1. The lowest BCUT2D eigenvalue weighted by Gasteiger charge is -2.27. The normalized spacial score (nSPS) is 13.4. The van der Waals surface area contributed by atoms with Gasteiger partial charge in [0, 0.05) is 13.0 Å². The summed E-state index contributed by atoms with van der Waals surface area (Å²) >= 11 is 1.51. The number of aromatic nitrogens is 2. The van der Waals surface area contributed by atoms with Crippen LogP contribution >= 0.6 is 11.8 Å². The van der Waals surface area contributed by atoms with Crippen molar-refractivity contribution in [3.63, 3.8) is 0 Å². The molecule has 1 N–H and O–H groups in total. The van der Waals surface area contributed by atoms with E-state index in [0.717, 1.165) is 27.9 Å². The number of hydrogen-bond acceptors (Lipinski definition) is 5. The van der Waals surface area contributed by atoms with Gasteiger partial charge in [-0.15, -0.1) is 0 Å². The molecule has 0 fully saturated rings. The number of carbonyl (C=O) groups is 2. The van der Waals surface area contributed by atoms with Crippen LogP contribution in [0, 0.1) is 6.92 Å². The first-order valence-corrected chi connectivity index (χ1v) is 10.5. The molecule has 0 bridgehead atoms. The molecule has 0 saturated heterocycles. The number of fused-ring (bicyclic) bond motifs is 1. The molecule has 0 atom stereocenters. The van der Waals surface area contributed by atoms with Gasteiger partial charge in [0.05, 0.1) is 35.6 Å². The third-order valence-electron chi connectivity index (χ3n) is 4.72. The number of thioether (sulfide) groups is 1. The lowest BCUT2D eigenvalue weighted by molar-refractivity contribution is -0.121. The molecule has 0 aliphatic carbocycles. The van der Waals surface area contributed by atoms with Crippen LogP contribution in [-0.2, 0) is 16.1 Å². The van der Waals surface area contributed by atoms with Crippen molar-refractivity contribution in [1.29, 1.82) is 0 Å². The standard InChI is InChI=1S/C21H22N4O3S/c1-15-20-21(25(23-15)16-7-3-2-4-8-16)29-14-19(27)24(20)11-5-10-18(26)22-13-17-9-6-12-28-17/h2-4,6-9,12H,5,10-11,13-14H2,1H3,(H,22,26). The molecule has 3 heterocycles. The molecule has 2 amide bonds. The molecule has 0 spiro atoms. The van der Waals surface area contributed by atoms with Gasteiger partial charge in [0.1, 0.15) is 10.8 Å². The van der Waals surface area contributed by atoms with E-state index in [4.69, 9.17) is 4.42 Å². The second-order valence-electron chi connectivity index (χ2n) is 6.78. The molecule has 29 heavy (non-hydrogen) atoms. The lowest BCUT2D eigenvalue weighted by Crippen LogP contribution is -2.37. The summed E-state index contributed by atoms with van der Waals surface area (Å²) in [5.74, 6) is 1.08. The highest BCUT2D eigenvalue weighted by molar-refractivity contribution is 8.00. The minimum Gasteiger partial charge on any atom is -0.467 e. The Kier molecular flexibility index (Phi) is 5.71. The summed E-state index contributed by atoms with van der Waals surface area (Å²) in [5, 5.41) is 8.46. The zero-order chi connectivity index (χ0) is 20.2. The molecule has 8 heteroatoms. The van der Waals surface area contributed by atoms with Gasteiger partial charge in [-0.25, -0.2) is 4.68 Å². The molecule has 0 radical (unpaired) electrons. The lowest BCUT2D eigenvalue weighted by atomic mass is 10.2. The number of amides is 2. The van der Waals surface area contributed by atoms with Gasteiger partial charge in [-0.2, -0.15) is 5.10 Å². The highest BCUT2D eigenvalue weighted by Crippen LogP contribution is 2.39. The van der Waals surface area contributed by atoms with E-state index in [2.05, 4.69) is 10.4 Å². The monoisotopic (exact) mass is 410 g/mol. The molecule has 1 aromatic carbocycles.